The largest absolute Gasteiger partial charge is 0.455 e. The first kappa shape index (κ1) is 27.5. The van der Waals surface area contributed by atoms with E-state index in [-0.39, 0.29) is 0 Å². The van der Waals surface area contributed by atoms with E-state index in [0.717, 1.165) is 76.7 Å². The number of nitrogens with zero attached hydrogens (tertiary/aromatic N) is 3. The second-order valence-corrected chi connectivity index (χ2v) is 12.4. The average Bonchev–Trinajstić information content (AvgIpc) is 3.58. The Morgan fingerprint density at radius 2 is 0.918 bits per heavy atom. The zero-order valence-corrected chi connectivity index (χ0v) is 26.3. The van der Waals surface area contributed by atoms with Gasteiger partial charge in [-0.25, -0.2) is 15.0 Å². The Hall–Kier alpha value is -6.65. The quantitative estimate of drug-likeness (QED) is 0.183. The van der Waals surface area contributed by atoms with Gasteiger partial charge in [-0.3, -0.25) is 0 Å². The van der Waals surface area contributed by atoms with E-state index in [1.165, 1.54) is 5.39 Å². The highest BCUT2D eigenvalue weighted by Gasteiger charge is 2.19. The maximum absolute atomic E-state index is 6.51. The number of aromatic nitrogens is 3. The standard InChI is InChI=1S/C45H27N3O/c1-3-13-28(14-4-1)38-27-32(25-30-17-7-8-18-33(30)38)45-47-43(29-15-5-2-6-16-29)46-44(48-45)31-23-24-35-34-19-9-10-20-36(34)42-41(39(35)26-31)37-21-11-12-22-40(37)49-42/h1-27H. The number of hydrogen-bond donors (Lipinski definition) is 0. The lowest BCUT2D eigenvalue weighted by Crippen LogP contribution is -2.00. The molecule has 2 heterocycles. The summed E-state index contributed by atoms with van der Waals surface area (Å²) in [6.45, 7) is 0. The number of fused-ring (bicyclic) bond motifs is 9. The van der Waals surface area contributed by atoms with Gasteiger partial charge in [0.1, 0.15) is 11.2 Å². The molecule has 0 bridgehead atoms. The molecule has 0 saturated carbocycles. The van der Waals surface area contributed by atoms with Gasteiger partial charge in [0.25, 0.3) is 0 Å². The van der Waals surface area contributed by atoms with Crippen LogP contribution in [0, 0.1) is 0 Å². The normalized spacial score (nSPS) is 11.7. The van der Waals surface area contributed by atoms with Gasteiger partial charge in [-0.05, 0) is 62.3 Å². The minimum absolute atomic E-state index is 0.620. The van der Waals surface area contributed by atoms with Crippen LogP contribution in [0.15, 0.2) is 168 Å². The third-order valence-corrected chi connectivity index (χ3v) is 9.48. The van der Waals surface area contributed by atoms with E-state index in [4.69, 9.17) is 19.4 Å². The molecule has 0 fully saturated rings. The molecule has 0 radical (unpaired) electrons. The molecule has 0 atom stereocenters. The zero-order valence-electron chi connectivity index (χ0n) is 26.3. The Labute approximate surface area is 282 Å². The second kappa shape index (κ2) is 11.0. The van der Waals surface area contributed by atoms with Gasteiger partial charge >= 0.3 is 0 Å². The topological polar surface area (TPSA) is 51.8 Å². The van der Waals surface area contributed by atoms with Crippen molar-refractivity contribution in [2.24, 2.45) is 0 Å². The van der Waals surface area contributed by atoms with Crippen molar-refractivity contribution in [2.75, 3.05) is 0 Å². The van der Waals surface area contributed by atoms with Crippen molar-refractivity contribution in [1.29, 1.82) is 0 Å². The monoisotopic (exact) mass is 625 g/mol. The van der Waals surface area contributed by atoms with Gasteiger partial charge in [0.2, 0.25) is 0 Å². The van der Waals surface area contributed by atoms with Crippen molar-refractivity contribution < 1.29 is 4.42 Å². The fourth-order valence-corrected chi connectivity index (χ4v) is 7.19. The van der Waals surface area contributed by atoms with Gasteiger partial charge < -0.3 is 4.42 Å². The molecule has 0 amide bonds. The molecule has 10 rings (SSSR count). The highest BCUT2D eigenvalue weighted by Crippen LogP contribution is 2.42. The molecule has 228 valence electrons. The van der Waals surface area contributed by atoms with Crippen molar-refractivity contribution in [3.8, 4) is 45.3 Å². The minimum Gasteiger partial charge on any atom is -0.455 e. The van der Waals surface area contributed by atoms with Crippen molar-refractivity contribution in [2.45, 2.75) is 0 Å². The van der Waals surface area contributed by atoms with E-state index in [1.54, 1.807) is 0 Å². The molecule has 8 aromatic carbocycles. The van der Waals surface area contributed by atoms with Gasteiger partial charge in [-0.2, -0.15) is 0 Å². The molecule has 0 aliphatic rings. The Balaban J connectivity index is 1.25. The van der Waals surface area contributed by atoms with Gasteiger partial charge in [-0.15, -0.1) is 0 Å². The van der Waals surface area contributed by atoms with Crippen LogP contribution in [-0.4, -0.2) is 15.0 Å². The maximum Gasteiger partial charge on any atom is 0.164 e. The van der Waals surface area contributed by atoms with Crippen LogP contribution < -0.4 is 0 Å². The van der Waals surface area contributed by atoms with Crippen molar-refractivity contribution in [3.05, 3.63) is 164 Å². The summed E-state index contributed by atoms with van der Waals surface area (Å²) in [6, 6.07) is 56.8. The Kier molecular flexibility index (Phi) is 6.15. The molecule has 0 unspecified atom stereocenters. The summed E-state index contributed by atoms with van der Waals surface area (Å²) in [5, 5.41) is 9.05. The molecule has 2 aromatic heterocycles. The summed E-state index contributed by atoms with van der Waals surface area (Å²) in [4.78, 5) is 15.4. The summed E-state index contributed by atoms with van der Waals surface area (Å²) < 4.78 is 6.51. The molecular weight excluding hydrogens is 599 g/mol. The van der Waals surface area contributed by atoms with Crippen LogP contribution in [0.25, 0.3) is 99.5 Å². The molecule has 4 nitrogen and oxygen atoms in total. The number of hydrogen-bond acceptors (Lipinski definition) is 4. The van der Waals surface area contributed by atoms with Gasteiger partial charge in [0, 0.05) is 32.8 Å². The van der Waals surface area contributed by atoms with Crippen LogP contribution in [-0.2, 0) is 0 Å². The first-order valence-electron chi connectivity index (χ1n) is 16.4. The second-order valence-electron chi connectivity index (χ2n) is 12.4. The predicted octanol–water partition coefficient (Wildman–Crippen LogP) is 11.9. The van der Waals surface area contributed by atoms with Crippen molar-refractivity contribution in [3.63, 3.8) is 0 Å². The summed E-state index contributed by atoms with van der Waals surface area (Å²) in [7, 11) is 0. The van der Waals surface area contributed by atoms with E-state index in [1.807, 2.05) is 48.5 Å². The average molecular weight is 626 g/mol. The van der Waals surface area contributed by atoms with Crippen LogP contribution in [0.1, 0.15) is 0 Å². The minimum atomic E-state index is 0.620. The molecule has 0 aliphatic carbocycles. The van der Waals surface area contributed by atoms with Gasteiger partial charge in [-0.1, -0.05) is 140 Å². The van der Waals surface area contributed by atoms with E-state index >= 15 is 0 Å². The lowest BCUT2D eigenvalue weighted by atomic mass is 9.95. The fraction of sp³-hybridized carbons (Fsp3) is 0. The number of para-hydroxylation sites is 1. The van der Waals surface area contributed by atoms with Crippen LogP contribution >= 0.6 is 0 Å². The lowest BCUT2D eigenvalue weighted by molar-refractivity contribution is 0.673. The zero-order chi connectivity index (χ0) is 32.3. The molecule has 4 heteroatoms. The highest BCUT2D eigenvalue weighted by molar-refractivity contribution is 6.30. The summed E-state index contributed by atoms with van der Waals surface area (Å²) >= 11 is 0. The van der Waals surface area contributed by atoms with Gasteiger partial charge in [0.15, 0.2) is 17.5 Å². The molecule has 10 aromatic rings. The van der Waals surface area contributed by atoms with E-state index < -0.39 is 0 Å². The Morgan fingerprint density at radius 1 is 0.347 bits per heavy atom. The van der Waals surface area contributed by atoms with Crippen molar-refractivity contribution in [1.82, 2.24) is 15.0 Å². The van der Waals surface area contributed by atoms with Gasteiger partial charge in [0.05, 0.1) is 0 Å². The van der Waals surface area contributed by atoms with E-state index in [0.29, 0.717) is 17.5 Å². The first-order valence-corrected chi connectivity index (χ1v) is 16.4. The molecule has 0 spiro atoms. The third kappa shape index (κ3) is 4.49. The third-order valence-electron chi connectivity index (χ3n) is 9.48. The van der Waals surface area contributed by atoms with E-state index in [9.17, 15) is 0 Å². The fourth-order valence-electron chi connectivity index (χ4n) is 7.19. The number of rotatable bonds is 4. The summed E-state index contributed by atoms with van der Waals surface area (Å²) in [5.41, 5.74) is 6.85. The van der Waals surface area contributed by atoms with Crippen LogP contribution in [0.4, 0.5) is 0 Å². The molecule has 49 heavy (non-hydrogen) atoms. The molecule has 0 saturated heterocycles. The van der Waals surface area contributed by atoms with E-state index in [2.05, 4.69) is 115 Å². The summed E-state index contributed by atoms with van der Waals surface area (Å²) in [5.74, 6) is 1.88. The van der Waals surface area contributed by atoms with Crippen LogP contribution in [0.2, 0.25) is 0 Å². The van der Waals surface area contributed by atoms with Crippen LogP contribution in [0.5, 0.6) is 0 Å². The smallest absolute Gasteiger partial charge is 0.164 e. The molecule has 0 N–H and O–H groups in total. The SMILES string of the molecule is c1ccc(-c2nc(-c3cc(-c4ccccc4)c4ccccc4c3)nc(-c3ccc4c5ccccc5c5oc6ccccc6c5c4c3)n2)cc1. The maximum atomic E-state index is 6.51. The molecule has 0 aliphatic heterocycles. The first-order chi connectivity index (χ1) is 24.3. The number of benzene rings is 8. The Bertz CT molecular complexity index is 2880. The lowest BCUT2D eigenvalue weighted by Gasteiger charge is -2.13. The highest BCUT2D eigenvalue weighted by atomic mass is 16.3. The summed E-state index contributed by atoms with van der Waals surface area (Å²) in [6.07, 6.45) is 0. The molecular formula is C45H27N3O. The predicted molar refractivity (Wildman–Crippen MR) is 201 cm³/mol. The van der Waals surface area contributed by atoms with Crippen LogP contribution in [0.3, 0.4) is 0 Å². The number of furan rings is 1. The Morgan fingerprint density at radius 3 is 1.69 bits per heavy atom. The van der Waals surface area contributed by atoms with Crippen molar-refractivity contribution >= 4 is 54.3 Å².